The zero-order valence-corrected chi connectivity index (χ0v) is 28.8. The molecule has 0 aliphatic carbocycles. The van der Waals surface area contributed by atoms with Crippen LogP contribution < -0.4 is 9.80 Å². The van der Waals surface area contributed by atoms with Gasteiger partial charge in [-0.3, -0.25) is 24.0 Å². The Morgan fingerprint density at radius 1 is 1.20 bits per heavy atom. The van der Waals surface area contributed by atoms with Crippen LogP contribution in [-0.2, 0) is 49.0 Å². The van der Waals surface area contributed by atoms with E-state index in [2.05, 4.69) is 26.2 Å². The zero-order valence-electron chi connectivity index (χ0n) is 26.2. The number of rotatable bonds is 10. The summed E-state index contributed by atoms with van der Waals surface area (Å²) in [4.78, 5) is 53.1. The summed E-state index contributed by atoms with van der Waals surface area (Å²) in [6, 6.07) is 13.1. The largest absolute Gasteiger partial charge is 0.441 e. The maximum Gasteiger partial charge on any atom is 0.304 e. The Balaban J connectivity index is 1.28. The summed E-state index contributed by atoms with van der Waals surface area (Å²) in [5.74, 6) is -1.07. The standard InChI is InChI=1S/C32H38BrN5O7Si/c1-19-30(46(3,4)43)27(11-13-36-18-23(12-14-39)34-35-36)45-32(19)25-15-22(33)7-10-26(25)37(31(32)42)17-21-5-8-24(9-6-21)38-28(41)16-29(38)44-20(2)40/h5-10,15,18-19,27,29-30,39,43H,11-14,16-17H2,1-4H3/t19-,27+,29?,30-,32+/m0/s1. The highest BCUT2D eigenvalue weighted by molar-refractivity contribution is 9.10. The molecule has 12 nitrogen and oxygen atoms in total. The van der Waals surface area contributed by atoms with Crippen molar-refractivity contribution in [1.29, 1.82) is 0 Å². The van der Waals surface area contributed by atoms with Gasteiger partial charge in [0.1, 0.15) is 0 Å². The number of aryl methyl sites for hydroxylation is 1. The van der Waals surface area contributed by atoms with Crippen LogP contribution in [0.4, 0.5) is 11.4 Å². The van der Waals surface area contributed by atoms with E-state index in [0.29, 0.717) is 30.8 Å². The van der Waals surface area contributed by atoms with Crippen LogP contribution in [0, 0.1) is 5.92 Å². The number of fused-ring (bicyclic) bond motifs is 2. The Morgan fingerprint density at radius 2 is 1.93 bits per heavy atom. The molecule has 0 saturated carbocycles. The molecule has 6 rings (SSSR count). The number of amides is 2. The second-order valence-corrected chi connectivity index (χ2v) is 17.7. The minimum atomic E-state index is -2.84. The van der Waals surface area contributed by atoms with Gasteiger partial charge in [0.15, 0.2) is 20.1 Å². The molecule has 244 valence electrons. The van der Waals surface area contributed by atoms with E-state index in [0.717, 1.165) is 21.3 Å². The van der Waals surface area contributed by atoms with E-state index in [9.17, 15) is 24.3 Å². The van der Waals surface area contributed by atoms with Gasteiger partial charge < -0.3 is 24.3 Å². The van der Waals surface area contributed by atoms with Gasteiger partial charge in [-0.25, -0.2) is 0 Å². The van der Waals surface area contributed by atoms with Crippen molar-refractivity contribution in [1.82, 2.24) is 15.0 Å². The van der Waals surface area contributed by atoms with E-state index >= 15 is 0 Å². The Bertz CT molecular complexity index is 1660. The Hall–Kier alpha value is -3.43. The van der Waals surface area contributed by atoms with Crippen LogP contribution in [0.1, 0.15) is 43.5 Å². The fraction of sp³-hybridized carbons (Fsp3) is 0.469. The van der Waals surface area contributed by atoms with Crippen LogP contribution in [0.15, 0.2) is 53.1 Å². The topological polar surface area (TPSA) is 147 Å². The molecule has 0 radical (unpaired) electrons. The number of hydrogen-bond donors (Lipinski definition) is 2. The van der Waals surface area contributed by atoms with Crippen LogP contribution in [0.25, 0.3) is 0 Å². The van der Waals surface area contributed by atoms with Crippen LogP contribution in [0.5, 0.6) is 0 Å². The molecule has 5 atom stereocenters. The van der Waals surface area contributed by atoms with E-state index < -0.39 is 32.2 Å². The number of aromatic nitrogens is 3. The van der Waals surface area contributed by atoms with E-state index in [-0.39, 0.29) is 42.8 Å². The number of β-lactam (4-membered cyclic amide) rings is 1. The first-order valence-corrected chi connectivity index (χ1v) is 19.3. The lowest BCUT2D eigenvalue weighted by molar-refractivity contribution is -0.154. The second kappa shape index (κ2) is 12.3. The van der Waals surface area contributed by atoms with Gasteiger partial charge in [-0.15, -0.1) is 5.10 Å². The molecule has 2 amide bonds. The summed E-state index contributed by atoms with van der Waals surface area (Å²) >= 11 is 3.60. The van der Waals surface area contributed by atoms with Crippen molar-refractivity contribution in [3.05, 3.63) is 70.0 Å². The van der Waals surface area contributed by atoms with E-state index in [1.807, 2.05) is 50.3 Å². The van der Waals surface area contributed by atoms with Crippen molar-refractivity contribution >= 4 is 53.4 Å². The van der Waals surface area contributed by atoms with Gasteiger partial charge in [-0.05, 0) is 55.4 Å². The highest BCUT2D eigenvalue weighted by atomic mass is 79.9. The van der Waals surface area contributed by atoms with Gasteiger partial charge in [0.25, 0.3) is 5.91 Å². The smallest absolute Gasteiger partial charge is 0.304 e. The molecule has 3 aliphatic heterocycles. The molecule has 3 aromatic rings. The molecule has 2 saturated heterocycles. The van der Waals surface area contributed by atoms with Gasteiger partial charge in [0.2, 0.25) is 5.91 Å². The van der Waals surface area contributed by atoms with E-state index in [1.54, 1.807) is 27.9 Å². The van der Waals surface area contributed by atoms with Crippen molar-refractivity contribution in [3.8, 4) is 0 Å². The Kier molecular flexibility index (Phi) is 8.69. The fourth-order valence-corrected chi connectivity index (χ4v) is 10.3. The summed E-state index contributed by atoms with van der Waals surface area (Å²) < 4.78 is 14.7. The predicted molar refractivity (Wildman–Crippen MR) is 174 cm³/mol. The number of anilines is 2. The number of aliphatic hydroxyl groups is 1. The van der Waals surface area contributed by atoms with Crippen molar-refractivity contribution in [2.75, 3.05) is 16.4 Å². The molecule has 2 fully saturated rings. The first-order valence-electron chi connectivity index (χ1n) is 15.4. The summed E-state index contributed by atoms with van der Waals surface area (Å²) in [7, 11) is -2.84. The molecule has 1 spiro atoms. The molecular weight excluding hydrogens is 674 g/mol. The number of ether oxygens (including phenoxy) is 2. The number of carbonyl (C=O) groups excluding carboxylic acids is 3. The fourth-order valence-electron chi connectivity index (χ4n) is 7.34. The monoisotopic (exact) mass is 711 g/mol. The maximum atomic E-state index is 14.7. The van der Waals surface area contributed by atoms with Crippen LogP contribution in [-0.4, -0.2) is 69.9 Å². The molecule has 2 N–H and O–H groups in total. The molecule has 1 unspecified atom stereocenters. The predicted octanol–water partition coefficient (Wildman–Crippen LogP) is 3.64. The van der Waals surface area contributed by atoms with E-state index in [1.165, 1.54) is 11.8 Å². The van der Waals surface area contributed by atoms with Gasteiger partial charge in [0, 0.05) is 59.9 Å². The maximum absolute atomic E-state index is 14.7. The molecular formula is C32H38BrN5O7Si. The van der Waals surface area contributed by atoms with Crippen molar-refractivity contribution in [2.24, 2.45) is 5.92 Å². The van der Waals surface area contributed by atoms with Gasteiger partial charge in [-0.2, -0.15) is 0 Å². The molecule has 0 bridgehead atoms. The number of hydrogen-bond acceptors (Lipinski definition) is 9. The summed E-state index contributed by atoms with van der Waals surface area (Å²) in [5.41, 5.74) is 2.16. The minimum absolute atomic E-state index is 0.0107. The molecule has 1 aromatic heterocycles. The number of halogens is 1. The van der Waals surface area contributed by atoms with Crippen LogP contribution in [0.2, 0.25) is 18.6 Å². The molecule has 46 heavy (non-hydrogen) atoms. The lowest BCUT2D eigenvalue weighted by Crippen LogP contribution is -2.54. The number of carbonyl (C=O) groups is 3. The molecule has 2 aromatic carbocycles. The second-order valence-electron chi connectivity index (χ2n) is 12.8. The average molecular weight is 713 g/mol. The SMILES string of the molecule is CC(=O)OC1CC(=O)N1c1ccc(CN2C(=O)[C@]3(O[C@H](CCn4cc(CCO)nn4)[C@@H]([Si](C)(C)O)[C@@H]3C)c3cc(Br)ccc32)cc1. The van der Waals surface area contributed by atoms with Gasteiger partial charge in [-0.1, -0.05) is 40.2 Å². The lowest BCUT2D eigenvalue weighted by Gasteiger charge is -2.39. The summed E-state index contributed by atoms with van der Waals surface area (Å²) in [6.07, 6.45) is 1.88. The third-order valence-electron chi connectivity index (χ3n) is 9.31. The quantitative estimate of drug-likeness (QED) is 0.183. The number of nitrogens with zero attached hydrogens (tertiary/aromatic N) is 5. The van der Waals surface area contributed by atoms with Crippen LogP contribution in [0.3, 0.4) is 0 Å². The van der Waals surface area contributed by atoms with E-state index in [4.69, 9.17) is 9.47 Å². The number of aliphatic hydroxyl groups excluding tert-OH is 1. The van der Waals surface area contributed by atoms with Gasteiger partial charge >= 0.3 is 5.97 Å². The highest BCUT2D eigenvalue weighted by Crippen LogP contribution is 2.60. The zero-order chi connectivity index (χ0) is 33.0. The third kappa shape index (κ3) is 5.70. The number of esters is 1. The van der Waals surface area contributed by atoms with Crippen LogP contribution >= 0.6 is 15.9 Å². The van der Waals surface area contributed by atoms with Crippen molar-refractivity contribution in [3.63, 3.8) is 0 Å². The summed E-state index contributed by atoms with van der Waals surface area (Å²) in [6.45, 7) is 7.87. The molecule has 14 heteroatoms. The lowest BCUT2D eigenvalue weighted by atomic mass is 9.82. The third-order valence-corrected chi connectivity index (χ3v) is 12.3. The first-order chi connectivity index (χ1) is 21.8. The normalized spacial score (nSPS) is 25.7. The number of benzene rings is 2. The average Bonchev–Trinajstić information content (AvgIpc) is 3.62. The first kappa shape index (κ1) is 32.5. The summed E-state index contributed by atoms with van der Waals surface area (Å²) in [5, 5.41) is 17.5. The highest BCUT2D eigenvalue weighted by Gasteiger charge is 2.66. The molecule has 4 heterocycles. The van der Waals surface area contributed by atoms with Crippen molar-refractivity contribution < 1.29 is 33.8 Å². The Labute approximate surface area is 276 Å². The molecule has 3 aliphatic rings. The van der Waals surface area contributed by atoms with Gasteiger partial charge in [0.05, 0.1) is 30.5 Å². The van der Waals surface area contributed by atoms with Crippen molar-refractivity contribution in [2.45, 2.75) is 82.8 Å². The minimum Gasteiger partial charge on any atom is -0.441 e. The Morgan fingerprint density at radius 3 is 2.59 bits per heavy atom.